The molecule has 0 radical (unpaired) electrons. The monoisotopic (exact) mass is 549 g/mol. The molecule has 0 atom stereocenters. The molecule has 42 heavy (non-hydrogen) atoms. The van der Waals surface area contributed by atoms with Crippen molar-refractivity contribution in [3.63, 3.8) is 0 Å². The van der Waals surface area contributed by atoms with Crippen LogP contribution in [0.15, 0.2) is 66.9 Å². The number of nitrogens with zero attached hydrogens (tertiary/aromatic N) is 2. The fraction of sp³-hybridized carbons (Fsp3) is 0.375. The van der Waals surface area contributed by atoms with E-state index < -0.39 is 0 Å². The fourth-order valence-corrected chi connectivity index (χ4v) is 9.38. The van der Waals surface area contributed by atoms with Crippen LogP contribution in [0.4, 0.5) is 0 Å². The zero-order valence-corrected chi connectivity index (χ0v) is 25.6. The zero-order chi connectivity index (χ0) is 28.3. The highest BCUT2D eigenvalue weighted by Crippen LogP contribution is 2.51. The quantitative estimate of drug-likeness (QED) is 0.115. The summed E-state index contributed by atoms with van der Waals surface area (Å²) in [6, 6.07) is 23.6. The summed E-state index contributed by atoms with van der Waals surface area (Å²) in [6.45, 7) is 7.30. The van der Waals surface area contributed by atoms with Gasteiger partial charge in [-0.3, -0.25) is 0 Å². The molecule has 210 valence electrons. The van der Waals surface area contributed by atoms with Gasteiger partial charge in [0.1, 0.15) is 7.05 Å². The van der Waals surface area contributed by atoms with Gasteiger partial charge in [0, 0.05) is 16.8 Å². The minimum absolute atomic E-state index is 0.459. The molecule has 2 fully saturated rings. The first kappa shape index (κ1) is 24.9. The lowest BCUT2D eigenvalue weighted by molar-refractivity contribution is -0.643. The van der Waals surface area contributed by atoms with Gasteiger partial charge >= 0.3 is 0 Å². The number of hydrogen-bond donors (Lipinski definition) is 0. The molecule has 2 nitrogen and oxygen atoms in total. The van der Waals surface area contributed by atoms with Gasteiger partial charge in [0.05, 0.1) is 27.3 Å². The lowest BCUT2D eigenvalue weighted by Gasteiger charge is -2.35. The molecular weight excluding hydrogens is 508 g/mol. The number of aryl methyl sites for hydroxylation is 2. The first-order valence-electron chi connectivity index (χ1n) is 16.4. The standard InChI is InChI=1S/C40H41N2/c1-24-28-13-7-8-14-29(28)34(26-11-5-6-12-26)38-33(24)37-35-27(19-22-41(37)4)23-31(25-17-20-40(2,3)21-18-25)36-30-15-9-10-16-32(30)42(38)39(35)36/h7-10,13-16,19,22-23,25-26H,5-6,11-12,17-18,20-21H2,1-4H3/q+1. The Morgan fingerprint density at radius 1 is 0.738 bits per heavy atom. The Kier molecular flexibility index (Phi) is 5.15. The van der Waals surface area contributed by atoms with Crippen LogP contribution < -0.4 is 4.57 Å². The highest BCUT2D eigenvalue weighted by molar-refractivity contribution is 6.29. The van der Waals surface area contributed by atoms with E-state index in [9.17, 15) is 0 Å². The van der Waals surface area contributed by atoms with Crippen LogP contribution in [-0.2, 0) is 7.05 Å². The topological polar surface area (TPSA) is 8.29 Å². The zero-order valence-electron chi connectivity index (χ0n) is 25.6. The van der Waals surface area contributed by atoms with Crippen molar-refractivity contribution in [2.45, 2.75) is 84.0 Å². The van der Waals surface area contributed by atoms with Gasteiger partial charge in [0.2, 0.25) is 5.52 Å². The second kappa shape index (κ2) is 8.69. The van der Waals surface area contributed by atoms with Gasteiger partial charge in [-0.1, -0.05) is 69.2 Å². The molecule has 4 aromatic carbocycles. The Hall–Kier alpha value is -3.65. The van der Waals surface area contributed by atoms with Crippen LogP contribution in [0.2, 0.25) is 0 Å². The Labute approximate surface area is 248 Å². The Morgan fingerprint density at radius 3 is 2.19 bits per heavy atom. The molecule has 0 saturated heterocycles. The van der Waals surface area contributed by atoms with Gasteiger partial charge in [-0.15, -0.1) is 0 Å². The maximum absolute atomic E-state index is 2.75. The van der Waals surface area contributed by atoms with Crippen molar-refractivity contribution < 1.29 is 4.57 Å². The second-order valence-electron chi connectivity index (χ2n) is 14.5. The molecule has 9 rings (SSSR count). The predicted octanol–water partition coefficient (Wildman–Crippen LogP) is 10.6. The van der Waals surface area contributed by atoms with Crippen molar-refractivity contribution in [3.05, 3.63) is 83.6 Å². The summed E-state index contributed by atoms with van der Waals surface area (Å²) in [5.74, 6) is 1.23. The van der Waals surface area contributed by atoms with E-state index in [1.807, 2.05) is 0 Å². The van der Waals surface area contributed by atoms with Crippen molar-refractivity contribution in [3.8, 4) is 0 Å². The first-order chi connectivity index (χ1) is 20.4. The third kappa shape index (κ3) is 3.24. The number of aromatic nitrogens is 2. The summed E-state index contributed by atoms with van der Waals surface area (Å²) in [6.07, 6.45) is 12.8. The maximum Gasteiger partial charge on any atom is 0.224 e. The van der Waals surface area contributed by atoms with E-state index in [0.717, 1.165) is 0 Å². The van der Waals surface area contributed by atoms with Crippen molar-refractivity contribution in [2.24, 2.45) is 12.5 Å². The van der Waals surface area contributed by atoms with Crippen LogP contribution in [0.5, 0.6) is 0 Å². The van der Waals surface area contributed by atoms with Gasteiger partial charge in [-0.25, -0.2) is 4.57 Å². The Morgan fingerprint density at radius 2 is 1.43 bits per heavy atom. The van der Waals surface area contributed by atoms with Crippen LogP contribution >= 0.6 is 0 Å². The van der Waals surface area contributed by atoms with Crippen LogP contribution in [0.1, 0.15) is 93.7 Å². The average Bonchev–Trinajstić information content (AvgIpc) is 3.65. The molecule has 2 aliphatic rings. The minimum Gasteiger partial charge on any atom is -0.307 e. The average molecular weight is 550 g/mol. The molecule has 3 heterocycles. The van der Waals surface area contributed by atoms with Gasteiger partial charge < -0.3 is 4.40 Å². The van der Waals surface area contributed by atoms with E-state index >= 15 is 0 Å². The SMILES string of the molecule is Cc1c2ccccc2c(C2CCCC2)c2c1c1c3c(cc[n+]1C)cc(C1CCC(C)(C)CC1)c1c4ccccc4n2c13. The van der Waals surface area contributed by atoms with E-state index in [2.05, 4.69) is 104 Å². The Bertz CT molecular complexity index is 2200. The molecule has 0 spiro atoms. The molecule has 0 aliphatic heterocycles. The minimum atomic E-state index is 0.459. The molecule has 2 heteroatoms. The molecule has 0 unspecified atom stereocenters. The normalized spacial score (nSPS) is 18.7. The third-order valence-electron chi connectivity index (χ3n) is 11.6. The molecule has 0 bridgehead atoms. The van der Waals surface area contributed by atoms with E-state index in [-0.39, 0.29) is 0 Å². The van der Waals surface area contributed by atoms with Crippen molar-refractivity contribution in [1.29, 1.82) is 0 Å². The third-order valence-corrected chi connectivity index (χ3v) is 11.6. The Balaban J connectivity index is 1.57. The van der Waals surface area contributed by atoms with Crippen LogP contribution in [0.25, 0.3) is 59.8 Å². The van der Waals surface area contributed by atoms with Crippen molar-refractivity contribution in [2.75, 3.05) is 0 Å². The van der Waals surface area contributed by atoms with E-state index in [1.54, 1.807) is 11.1 Å². The summed E-state index contributed by atoms with van der Waals surface area (Å²) in [7, 11) is 2.27. The maximum atomic E-state index is 2.75. The molecule has 0 amide bonds. The van der Waals surface area contributed by atoms with Gasteiger partial charge in [0.15, 0.2) is 6.20 Å². The molecule has 7 aromatic rings. The summed E-state index contributed by atoms with van der Waals surface area (Å²) in [5.41, 5.74) is 10.8. The number of rotatable bonds is 2. The molecular formula is C40H41N2+. The van der Waals surface area contributed by atoms with Gasteiger partial charge in [-0.05, 0) is 108 Å². The van der Waals surface area contributed by atoms with Crippen LogP contribution in [0, 0.1) is 12.3 Å². The van der Waals surface area contributed by atoms with Crippen LogP contribution in [0.3, 0.4) is 0 Å². The highest BCUT2D eigenvalue weighted by Gasteiger charge is 2.34. The molecule has 0 N–H and O–H groups in total. The van der Waals surface area contributed by atoms with E-state index in [4.69, 9.17) is 0 Å². The summed E-state index contributed by atoms with van der Waals surface area (Å²) in [4.78, 5) is 0. The molecule has 2 saturated carbocycles. The first-order valence-corrected chi connectivity index (χ1v) is 16.4. The number of fused-ring (bicyclic) bond motifs is 7. The van der Waals surface area contributed by atoms with Crippen molar-refractivity contribution in [1.82, 2.24) is 4.40 Å². The number of pyridine rings is 2. The second-order valence-corrected chi connectivity index (χ2v) is 14.5. The lowest BCUT2D eigenvalue weighted by atomic mass is 9.70. The van der Waals surface area contributed by atoms with Gasteiger partial charge in [0.25, 0.3) is 0 Å². The summed E-state index contributed by atoms with van der Waals surface area (Å²) in [5, 5.41) is 10.1. The molecule has 2 aliphatic carbocycles. The number of para-hydroxylation sites is 1. The largest absolute Gasteiger partial charge is 0.307 e. The molecule has 3 aromatic heterocycles. The predicted molar refractivity (Wildman–Crippen MR) is 178 cm³/mol. The van der Waals surface area contributed by atoms with Gasteiger partial charge in [-0.2, -0.15) is 0 Å². The summed E-state index contributed by atoms with van der Waals surface area (Å²) >= 11 is 0. The van der Waals surface area contributed by atoms with Crippen LogP contribution in [-0.4, -0.2) is 4.40 Å². The lowest BCUT2D eigenvalue weighted by Crippen LogP contribution is -2.29. The fourth-order valence-electron chi connectivity index (χ4n) is 9.38. The number of benzene rings is 4. The van der Waals surface area contributed by atoms with Crippen molar-refractivity contribution >= 4 is 59.8 Å². The van der Waals surface area contributed by atoms with E-state index in [1.165, 1.54) is 117 Å². The van der Waals surface area contributed by atoms with E-state index in [0.29, 0.717) is 17.3 Å². The smallest absolute Gasteiger partial charge is 0.224 e. The highest BCUT2D eigenvalue weighted by atomic mass is 15.0. The number of hydrogen-bond acceptors (Lipinski definition) is 0. The summed E-state index contributed by atoms with van der Waals surface area (Å²) < 4.78 is 5.17.